The molecule has 0 radical (unpaired) electrons. The number of rotatable bonds is 10. The van der Waals surface area contributed by atoms with Gasteiger partial charge in [-0.1, -0.05) is 36.4 Å². The van der Waals surface area contributed by atoms with Crippen LogP contribution in [0.2, 0.25) is 0 Å². The second-order valence-electron chi connectivity index (χ2n) is 5.60. The number of hydrogen-bond acceptors (Lipinski definition) is 2. The summed E-state index contributed by atoms with van der Waals surface area (Å²) in [7, 11) is 2.01. The van der Waals surface area contributed by atoms with Crippen LogP contribution in [0.3, 0.4) is 0 Å². The normalized spacial score (nSPS) is 10.6. The summed E-state index contributed by atoms with van der Waals surface area (Å²) in [6, 6.07) is 9.90. The number of benzene rings is 1. The summed E-state index contributed by atoms with van der Waals surface area (Å²) < 4.78 is 0. The van der Waals surface area contributed by atoms with Crippen molar-refractivity contribution in [1.82, 2.24) is 15.5 Å². The van der Waals surface area contributed by atoms with E-state index >= 15 is 0 Å². The van der Waals surface area contributed by atoms with Crippen molar-refractivity contribution >= 4 is 35.8 Å². The Morgan fingerprint density at radius 2 is 2.00 bits per heavy atom. The lowest BCUT2D eigenvalue weighted by Crippen LogP contribution is -2.39. The van der Waals surface area contributed by atoms with E-state index in [-0.39, 0.29) is 29.9 Å². The molecule has 0 spiro atoms. The molecular formula is C19H31IN4O. The fourth-order valence-electron chi connectivity index (χ4n) is 2.20. The molecule has 25 heavy (non-hydrogen) atoms. The molecule has 0 aliphatic rings. The summed E-state index contributed by atoms with van der Waals surface area (Å²) in [5.74, 6) is 0.866. The van der Waals surface area contributed by atoms with Gasteiger partial charge >= 0.3 is 0 Å². The highest BCUT2D eigenvalue weighted by Gasteiger charge is 2.06. The number of halogens is 1. The minimum atomic E-state index is 0. The first-order valence-electron chi connectivity index (χ1n) is 8.58. The zero-order chi connectivity index (χ0) is 17.6. The number of nitrogens with one attached hydrogen (secondary N) is 2. The number of unbranched alkanes of at least 4 members (excludes halogenated alkanes) is 1. The van der Waals surface area contributed by atoms with Gasteiger partial charge in [-0.05, 0) is 25.3 Å². The van der Waals surface area contributed by atoms with Crippen molar-refractivity contribution in [2.45, 2.75) is 32.7 Å². The Bertz CT molecular complexity index is 519. The molecule has 5 nitrogen and oxygen atoms in total. The largest absolute Gasteiger partial charge is 0.357 e. The van der Waals surface area contributed by atoms with Gasteiger partial charge in [0.2, 0.25) is 5.91 Å². The fraction of sp³-hybridized carbons (Fsp3) is 0.474. The molecule has 0 saturated carbocycles. The third-order valence-electron chi connectivity index (χ3n) is 3.53. The quantitative estimate of drug-likeness (QED) is 0.186. The lowest BCUT2D eigenvalue weighted by Gasteiger charge is -2.21. The van der Waals surface area contributed by atoms with Gasteiger partial charge in [-0.2, -0.15) is 0 Å². The van der Waals surface area contributed by atoms with Crippen molar-refractivity contribution in [3.8, 4) is 0 Å². The van der Waals surface area contributed by atoms with E-state index in [4.69, 9.17) is 0 Å². The summed E-state index contributed by atoms with van der Waals surface area (Å²) in [6.07, 6.45) is 4.35. The Balaban J connectivity index is 0.00000576. The minimum Gasteiger partial charge on any atom is -0.357 e. The molecule has 0 heterocycles. The van der Waals surface area contributed by atoms with Crippen LogP contribution >= 0.6 is 24.0 Å². The van der Waals surface area contributed by atoms with Gasteiger partial charge in [-0.15, -0.1) is 30.6 Å². The van der Waals surface area contributed by atoms with E-state index in [2.05, 4.69) is 27.1 Å². The Hall–Kier alpha value is -1.57. The molecule has 2 N–H and O–H groups in total. The third kappa shape index (κ3) is 10.8. The average Bonchev–Trinajstić information content (AvgIpc) is 2.60. The molecule has 6 heteroatoms. The van der Waals surface area contributed by atoms with Gasteiger partial charge in [0.1, 0.15) is 0 Å². The second-order valence-corrected chi connectivity index (χ2v) is 5.60. The van der Waals surface area contributed by atoms with Crippen LogP contribution in [-0.2, 0) is 11.3 Å². The van der Waals surface area contributed by atoms with Crippen LogP contribution in [0.4, 0.5) is 0 Å². The maximum Gasteiger partial charge on any atom is 0.222 e. The van der Waals surface area contributed by atoms with E-state index in [0.29, 0.717) is 19.5 Å². The predicted octanol–water partition coefficient (Wildman–Crippen LogP) is 3.17. The molecule has 0 fully saturated rings. The molecule has 0 aliphatic carbocycles. The molecule has 0 aromatic heterocycles. The number of hydrogen-bond donors (Lipinski definition) is 2. The summed E-state index contributed by atoms with van der Waals surface area (Å²) in [5.41, 5.74) is 1.10. The summed E-state index contributed by atoms with van der Waals surface area (Å²) >= 11 is 0. The Morgan fingerprint density at radius 1 is 1.28 bits per heavy atom. The fourth-order valence-corrected chi connectivity index (χ4v) is 2.20. The highest BCUT2D eigenvalue weighted by molar-refractivity contribution is 14.0. The number of aliphatic imine (C=N–C) groups is 1. The first-order valence-corrected chi connectivity index (χ1v) is 8.58. The third-order valence-corrected chi connectivity index (χ3v) is 3.53. The summed E-state index contributed by atoms with van der Waals surface area (Å²) in [4.78, 5) is 18.5. The Labute approximate surface area is 169 Å². The van der Waals surface area contributed by atoms with Crippen molar-refractivity contribution in [1.29, 1.82) is 0 Å². The van der Waals surface area contributed by atoms with Crippen LogP contribution in [0, 0.1) is 0 Å². The number of carbonyl (C=O) groups excluding carboxylic acids is 1. The van der Waals surface area contributed by atoms with Gasteiger partial charge in [-0.3, -0.25) is 9.79 Å². The molecule has 0 atom stereocenters. The van der Waals surface area contributed by atoms with E-state index in [1.165, 1.54) is 0 Å². The number of nitrogens with zero attached hydrogens (tertiary/aromatic N) is 2. The van der Waals surface area contributed by atoms with Gasteiger partial charge in [0.15, 0.2) is 5.96 Å². The van der Waals surface area contributed by atoms with Crippen LogP contribution in [0.25, 0.3) is 0 Å². The van der Waals surface area contributed by atoms with Crippen molar-refractivity contribution in [2.75, 3.05) is 26.7 Å². The average molecular weight is 458 g/mol. The maximum atomic E-state index is 11.9. The van der Waals surface area contributed by atoms with Gasteiger partial charge in [-0.25, -0.2) is 0 Å². The van der Waals surface area contributed by atoms with E-state index < -0.39 is 0 Å². The van der Waals surface area contributed by atoms with E-state index in [1.807, 2.05) is 50.4 Å². The van der Waals surface area contributed by atoms with Crippen molar-refractivity contribution in [3.63, 3.8) is 0 Å². The lowest BCUT2D eigenvalue weighted by atomic mass is 10.2. The van der Waals surface area contributed by atoms with Crippen molar-refractivity contribution in [2.24, 2.45) is 4.99 Å². The topological polar surface area (TPSA) is 56.7 Å². The monoisotopic (exact) mass is 458 g/mol. The highest BCUT2D eigenvalue weighted by atomic mass is 127. The molecule has 1 aromatic rings. The van der Waals surface area contributed by atoms with Crippen LogP contribution in [0.15, 0.2) is 48.0 Å². The highest BCUT2D eigenvalue weighted by Crippen LogP contribution is 1.98. The first-order chi connectivity index (χ1) is 11.7. The molecule has 0 aliphatic heterocycles. The predicted molar refractivity (Wildman–Crippen MR) is 116 cm³/mol. The first kappa shape index (κ1) is 23.4. The van der Waals surface area contributed by atoms with E-state index in [0.717, 1.165) is 37.5 Å². The molecule has 1 aromatic carbocycles. The van der Waals surface area contributed by atoms with Crippen LogP contribution < -0.4 is 10.6 Å². The van der Waals surface area contributed by atoms with Gasteiger partial charge in [0.25, 0.3) is 0 Å². The summed E-state index contributed by atoms with van der Waals surface area (Å²) in [6.45, 7) is 8.55. The molecule has 0 saturated heterocycles. The lowest BCUT2D eigenvalue weighted by molar-refractivity contribution is -0.121. The summed E-state index contributed by atoms with van der Waals surface area (Å²) in [5, 5.41) is 6.18. The number of guanidine groups is 1. The number of amides is 1. The Kier molecular flexibility index (Phi) is 13.8. The minimum absolute atomic E-state index is 0. The van der Waals surface area contributed by atoms with Crippen LogP contribution in [0.1, 0.15) is 31.7 Å². The maximum absolute atomic E-state index is 11.9. The van der Waals surface area contributed by atoms with E-state index in [9.17, 15) is 4.79 Å². The zero-order valence-corrected chi connectivity index (χ0v) is 17.7. The van der Waals surface area contributed by atoms with Gasteiger partial charge in [0.05, 0.1) is 6.54 Å². The van der Waals surface area contributed by atoms with E-state index in [1.54, 1.807) is 0 Å². The number of carbonyl (C=O) groups is 1. The second kappa shape index (κ2) is 14.7. The van der Waals surface area contributed by atoms with Crippen LogP contribution in [-0.4, -0.2) is 43.4 Å². The SMILES string of the molecule is C=CCCCN(C)C(=NCCC(=O)NCc1ccccc1)NCC.I. The molecule has 0 bridgehead atoms. The molecule has 1 amide bonds. The number of allylic oxidation sites excluding steroid dienone is 1. The molecular weight excluding hydrogens is 427 g/mol. The molecule has 0 unspecified atom stereocenters. The van der Waals surface area contributed by atoms with Crippen molar-refractivity contribution < 1.29 is 4.79 Å². The van der Waals surface area contributed by atoms with Crippen molar-refractivity contribution in [3.05, 3.63) is 48.6 Å². The van der Waals surface area contributed by atoms with Gasteiger partial charge < -0.3 is 15.5 Å². The standard InChI is InChI=1S/C19H30N4O.HI/c1-4-6-10-15-23(3)19(20-5-2)21-14-13-18(24)22-16-17-11-8-7-9-12-17;/h4,7-9,11-12H,1,5-6,10,13-16H2,2-3H3,(H,20,21)(H,22,24);1H. The van der Waals surface area contributed by atoms with Gasteiger partial charge in [0, 0.05) is 33.1 Å². The van der Waals surface area contributed by atoms with Crippen LogP contribution in [0.5, 0.6) is 0 Å². The smallest absolute Gasteiger partial charge is 0.222 e. The molecule has 1 rings (SSSR count). The molecule has 140 valence electrons. The zero-order valence-electron chi connectivity index (χ0n) is 15.3. The Morgan fingerprint density at radius 3 is 2.64 bits per heavy atom.